The van der Waals surface area contributed by atoms with Crippen molar-refractivity contribution in [2.24, 2.45) is 0 Å². The van der Waals surface area contributed by atoms with Crippen molar-refractivity contribution < 1.29 is 4.74 Å². The van der Waals surface area contributed by atoms with Crippen LogP contribution >= 0.6 is 0 Å². The topological polar surface area (TPSA) is 24.5 Å². The van der Waals surface area contributed by atoms with Crippen molar-refractivity contribution in [1.82, 2.24) is 10.2 Å². The van der Waals surface area contributed by atoms with Crippen LogP contribution in [0.4, 0.5) is 0 Å². The van der Waals surface area contributed by atoms with Gasteiger partial charge in [-0.2, -0.15) is 0 Å². The number of likely N-dealkylation sites (N-methyl/N-ethyl adjacent to an activating group) is 2. The van der Waals surface area contributed by atoms with Crippen molar-refractivity contribution in [2.75, 3.05) is 34.3 Å². The van der Waals surface area contributed by atoms with Crippen molar-refractivity contribution in [1.29, 1.82) is 0 Å². The summed E-state index contributed by atoms with van der Waals surface area (Å²) < 4.78 is 6.27. The van der Waals surface area contributed by atoms with Gasteiger partial charge in [0.05, 0.1) is 6.61 Å². The summed E-state index contributed by atoms with van der Waals surface area (Å²) in [5, 5.41) is 3.29. The zero-order chi connectivity index (χ0) is 15.7. The van der Waals surface area contributed by atoms with Crippen LogP contribution in [-0.4, -0.2) is 39.2 Å². The monoisotopic (exact) mass is 288 g/mol. The van der Waals surface area contributed by atoms with Gasteiger partial charge in [-0.3, -0.25) is 0 Å². The summed E-state index contributed by atoms with van der Waals surface area (Å²) in [6.07, 6.45) is 6.12. The number of hydrogen-bond donors (Lipinski definition) is 1. The maximum Gasteiger partial charge on any atom is 0.130 e. The van der Waals surface area contributed by atoms with Gasteiger partial charge < -0.3 is 15.0 Å². The Morgan fingerprint density at radius 1 is 1.29 bits per heavy atom. The number of ether oxygens (including phenoxy) is 1. The molecule has 1 rings (SSSR count). The Balaban J connectivity index is 3.09. The Bertz CT molecular complexity index is 465. The van der Waals surface area contributed by atoms with E-state index in [4.69, 9.17) is 4.74 Å². The van der Waals surface area contributed by atoms with Crippen LogP contribution in [0.1, 0.15) is 19.4 Å². The van der Waals surface area contributed by atoms with Crippen LogP contribution in [-0.2, 0) is 10.3 Å². The molecule has 0 saturated heterocycles. The van der Waals surface area contributed by atoms with E-state index in [2.05, 4.69) is 49.4 Å². The Labute approximate surface area is 129 Å². The fourth-order valence-corrected chi connectivity index (χ4v) is 2.18. The molecule has 0 aliphatic rings. The first-order valence-corrected chi connectivity index (χ1v) is 7.40. The molecule has 0 radical (unpaired) electrons. The van der Waals surface area contributed by atoms with Crippen molar-refractivity contribution >= 4 is 0 Å². The second kappa shape index (κ2) is 8.65. The van der Waals surface area contributed by atoms with Gasteiger partial charge in [0.15, 0.2) is 0 Å². The van der Waals surface area contributed by atoms with Gasteiger partial charge in [0.1, 0.15) is 5.60 Å². The zero-order valence-electron chi connectivity index (χ0n) is 13.9. The molecule has 1 N–H and O–H groups in total. The predicted molar refractivity (Wildman–Crippen MR) is 90.3 cm³/mol. The first-order valence-electron chi connectivity index (χ1n) is 7.40. The highest BCUT2D eigenvalue weighted by Gasteiger charge is 2.31. The lowest BCUT2D eigenvalue weighted by molar-refractivity contribution is -0.0171. The quantitative estimate of drug-likeness (QED) is 0.744. The number of benzene rings is 1. The average molecular weight is 288 g/mol. The second-order valence-electron chi connectivity index (χ2n) is 5.41. The fraction of sp³-hybridized carbons (Fsp3) is 0.444. The maximum absolute atomic E-state index is 6.27. The molecule has 0 fully saturated rings. The Morgan fingerprint density at radius 3 is 2.48 bits per heavy atom. The molecule has 0 aliphatic heterocycles. The molecule has 0 bridgehead atoms. The van der Waals surface area contributed by atoms with Crippen molar-refractivity contribution in [3.8, 4) is 0 Å². The molecule has 1 atom stereocenters. The zero-order valence-corrected chi connectivity index (χ0v) is 13.9. The van der Waals surface area contributed by atoms with Crippen LogP contribution in [0.5, 0.6) is 0 Å². The molecule has 0 aromatic heterocycles. The molecule has 1 aromatic rings. The molecule has 1 aromatic carbocycles. The molecular weight excluding hydrogens is 260 g/mol. The Kier molecular flexibility index (Phi) is 7.20. The standard InChI is InChI=1S/C18H28N2O/c1-6-7-13-17(19-3)18(2,21-15-14-20(4)5)16-11-9-8-10-12-16/h6-13,19H,14-15H2,1-5H3/b7-6-,17-13-. The van der Waals surface area contributed by atoms with E-state index < -0.39 is 5.60 Å². The molecule has 1 unspecified atom stereocenters. The van der Waals surface area contributed by atoms with Gasteiger partial charge >= 0.3 is 0 Å². The van der Waals surface area contributed by atoms with E-state index in [1.54, 1.807) is 0 Å². The highest BCUT2D eigenvalue weighted by Crippen LogP contribution is 2.31. The molecule has 0 spiro atoms. The second-order valence-corrected chi connectivity index (χ2v) is 5.41. The van der Waals surface area contributed by atoms with Gasteiger partial charge in [0, 0.05) is 19.3 Å². The van der Waals surface area contributed by atoms with Gasteiger partial charge in [-0.05, 0) is 39.6 Å². The van der Waals surface area contributed by atoms with Crippen molar-refractivity contribution in [2.45, 2.75) is 19.4 Å². The van der Waals surface area contributed by atoms with Crippen LogP contribution < -0.4 is 5.32 Å². The average Bonchev–Trinajstić information content (AvgIpc) is 2.48. The van der Waals surface area contributed by atoms with Crippen molar-refractivity contribution in [3.05, 3.63) is 59.8 Å². The minimum Gasteiger partial charge on any atom is -0.389 e. The normalized spacial score (nSPS) is 15.4. The number of rotatable bonds is 8. The molecule has 0 saturated carbocycles. The van der Waals surface area contributed by atoms with E-state index in [9.17, 15) is 0 Å². The largest absolute Gasteiger partial charge is 0.389 e. The first-order chi connectivity index (χ1) is 10.0. The SMILES string of the molecule is C/C=C\C=C(/NC)C(C)(OCCN(C)C)c1ccccc1. The number of allylic oxidation sites excluding steroid dienone is 3. The Morgan fingerprint density at radius 2 is 1.95 bits per heavy atom. The highest BCUT2D eigenvalue weighted by molar-refractivity contribution is 5.33. The summed E-state index contributed by atoms with van der Waals surface area (Å²) >= 11 is 0. The van der Waals surface area contributed by atoms with Crippen molar-refractivity contribution in [3.63, 3.8) is 0 Å². The third kappa shape index (κ3) is 5.03. The van der Waals surface area contributed by atoms with Gasteiger partial charge in [-0.1, -0.05) is 42.5 Å². The molecular formula is C18H28N2O. The van der Waals surface area contributed by atoms with Crippen LogP contribution in [0.2, 0.25) is 0 Å². The van der Waals surface area contributed by atoms with Crippen LogP contribution in [0.25, 0.3) is 0 Å². The number of hydrogen-bond acceptors (Lipinski definition) is 3. The lowest BCUT2D eigenvalue weighted by Crippen LogP contribution is -2.36. The van der Waals surface area contributed by atoms with Gasteiger partial charge in [-0.15, -0.1) is 0 Å². The lowest BCUT2D eigenvalue weighted by atomic mass is 9.91. The van der Waals surface area contributed by atoms with E-state index >= 15 is 0 Å². The number of nitrogens with zero attached hydrogens (tertiary/aromatic N) is 1. The summed E-state index contributed by atoms with van der Waals surface area (Å²) in [5.41, 5.74) is 1.71. The smallest absolute Gasteiger partial charge is 0.130 e. The van der Waals surface area contributed by atoms with Crippen LogP contribution in [0.15, 0.2) is 54.3 Å². The minimum absolute atomic E-state index is 0.481. The first kappa shape index (κ1) is 17.5. The summed E-state index contributed by atoms with van der Waals surface area (Å²) in [5.74, 6) is 0. The molecule has 3 heteroatoms. The minimum atomic E-state index is -0.481. The Hall–Kier alpha value is -1.58. The van der Waals surface area contributed by atoms with Gasteiger partial charge in [-0.25, -0.2) is 0 Å². The van der Waals surface area contributed by atoms with Crippen LogP contribution in [0.3, 0.4) is 0 Å². The maximum atomic E-state index is 6.27. The highest BCUT2D eigenvalue weighted by atomic mass is 16.5. The molecule has 0 heterocycles. The van der Waals surface area contributed by atoms with E-state index in [0.717, 1.165) is 17.8 Å². The van der Waals surface area contributed by atoms with E-state index in [1.807, 2.05) is 44.3 Å². The third-order valence-corrected chi connectivity index (χ3v) is 3.49. The fourth-order valence-electron chi connectivity index (χ4n) is 2.18. The molecule has 0 amide bonds. The summed E-state index contributed by atoms with van der Waals surface area (Å²) in [4.78, 5) is 2.13. The third-order valence-electron chi connectivity index (χ3n) is 3.49. The van der Waals surface area contributed by atoms with E-state index in [0.29, 0.717) is 6.61 Å². The van der Waals surface area contributed by atoms with Crippen LogP contribution in [0, 0.1) is 0 Å². The van der Waals surface area contributed by atoms with Gasteiger partial charge in [0.25, 0.3) is 0 Å². The molecule has 21 heavy (non-hydrogen) atoms. The number of nitrogens with one attached hydrogen (secondary N) is 1. The molecule has 116 valence electrons. The van der Waals surface area contributed by atoms with Gasteiger partial charge in [0.2, 0.25) is 0 Å². The predicted octanol–water partition coefficient (Wildman–Crippen LogP) is 3.16. The summed E-state index contributed by atoms with van der Waals surface area (Å²) in [6, 6.07) is 10.3. The molecule has 0 aliphatic carbocycles. The lowest BCUT2D eigenvalue weighted by Gasteiger charge is -2.33. The molecule has 3 nitrogen and oxygen atoms in total. The van der Waals surface area contributed by atoms with E-state index in [-0.39, 0.29) is 0 Å². The summed E-state index contributed by atoms with van der Waals surface area (Å²) in [6.45, 7) is 5.69. The van der Waals surface area contributed by atoms with E-state index in [1.165, 1.54) is 0 Å². The summed E-state index contributed by atoms with van der Waals surface area (Å²) in [7, 11) is 6.04.